The second-order valence-corrected chi connectivity index (χ2v) is 5.99. The fourth-order valence-corrected chi connectivity index (χ4v) is 3.44. The molecule has 3 N–H and O–H groups in total. The predicted octanol–water partition coefficient (Wildman–Crippen LogP) is 4.45. The van der Waals surface area contributed by atoms with Gasteiger partial charge in [0.2, 0.25) is 0 Å². The maximum absolute atomic E-state index is 5.82. The lowest BCUT2D eigenvalue weighted by Crippen LogP contribution is -1.87. The summed E-state index contributed by atoms with van der Waals surface area (Å²) in [5, 5.41) is 3.47. The summed E-state index contributed by atoms with van der Waals surface area (Å²) in [6.07, 6.45) is 1.83. The zero-order chi connectivity index (χ0) is 14.2. The maximum atomic E-state index is 5.82. The number of para-hydroxylation sites is 1. The number of nitrogens with one attached hydrogen (secondary N) is 1. The van der Waals surface area contributed by atoms with Gasteiger partial charge in [-0.15, -0.1) is 0 Å². The number of hydrogen-bond donors (Lipinski definition) is 2. The van der Waals surface area contributed by atoms with Crippen LogP contribution in [-0.2, 0) is 0 Å². The summed E-state index contributed by atoms with van der Waals surface area (Å²) >= 11 is 1.71. The van der Waals surface area contributed by atoms with Crippen LogP contribution in [0, 0.1) is 0 Å². The number of aromatic amines is 1. The van der Waals surface area contributed by atoms with Gasteiger partial charge in [0.1, 0.15) is 0 Å². The third-order valence-corrected chi connectivity index (χ3v) is 4.47. The quantitative estimate of drug-likeness (QED) is 0.536. The van der Waals surface area contributed by atoms with Crippen molar-refractivity contribution in [1.82, 2.24) is 9.97 Å². The van der Waals surface area contributed by atoms with E-state index in [0.717, 1.165) is 27.1 Å². The molecule has 0 fully saturated rings. The van der Waals surface area contributed by atoms with Crippen LogP contribution in [0.15, 0.2) is 70.7 Å². The molecule has 2 aromatic carbocycles. The van der Waals surface area contributed by atoms with Gasteiger partial charge in [-0.05, 0) is 36.4 Å². The normalized spacial score (nSPS) is 11.2. The Labute approximate surface area is 126 Å². The van der Waals surface area contributed by atoms with Crippen LogP contribution < -0.4 is 5.73 Å². The number of H-pyrrole nitrogens is 1. The Kier molecular flexibility index (Phi) is 2.82. The number of nitrogen functional groups attached to an aromatic ring is 1. The molecule has 0 unspecified atom stereocenters. The van der Waals surface area contributed by atoms with E-state index in [9.17, 15) is 0 Å². The van der Waals surface area contributed by atoms with Gasteiger partial charge in [-0.25, -0.2) is 0 Å². The van der Waals surface area contributed by atoms with Gasteiger partial charge in [-0.3, -0.25) is 4.98 Å². The highest BCUT2D eigenvalue weighted by Gasteiger charge is 2.06. The molecule has 21 heavy (non-hydrogen) atoms. The number of anilines is 1. The SMILES string of the molecule is Nc1ccc2c(Sc3cc4ccccc4[nH]3)ccnc2c1. The van der Waals surface area contributed by atoms with Gasteiger partial charge in [-0.1, -0.05) is 30.0 Å². The summed E-state index contributed by atoms with van der Waals surface area (Å²) in [6.45, 7) is 0. The number of aromatic nitrogens is 2. The van der Waals surface area contributed by atoms with Crippen LogP contribution in [0.25, 0.3) is 21.8 Å². The van der Waals surface area contributed by atoms with E-state index in [2.05, 4.69) is 34.2 Å². The Morgan fingerprint density at radius 2 is 1.90 bits per heavy atom. The van der Waals surface area contributed by atoms with E-state index in [1.54, 1.807) is 11.8 Å². The fourth-order valence-electron chi connectivity index (χ4n) is 2.45. The Morgan fingerprint density at radius 3 is 2.81 bits per heavy atom. The first-order valence-corrected chi connectivity index (χ1v) is 7.51. The lowest BCUT2D eigenvalue weighted by Gasteiger charge is -2.05. The molecule has 2 aromatic heterocycles. The lowest BCUT2D eigenvalue weighted by molar-refractivity contribution is 1.23. The van der Waals surface area contributed by atoms with E-state index >= 15 is 0 Å². The van der Waals surface area contributed by atoms with Crippen LogP contribution in [0.1, 0.15) is 0 Å². The minimum absolute atomic E-state index is 0.739. The molecular weight excluding hydrogens is 278 g/mol. The zero-order valence-electron chi connectivity index (χ0n) is 11.2. The molecule has 0 amide bonds. The number of hydrogen-bond acceptors (Lipinski definition) is 3. The molecule has 4 heteroatoms. The summed E-state index contributed by atoms with van der Waals surface area (Å²) < 4.78 is 0. The van der Waals surface area contributed by atoms with Crippen molar-refractivity contribution in [3.8, 4) is 0 Å². The molecule has 2 heterocycles. The van der Waals surface area contributed by atoms with Gasteiger partial charge in [0, 0.05) is 33.1 Å². The summed E-state index contributed by atoms with van der Waals surface area (Å²) in [5.74, 6) is 0. The average molecular weight is 291 g/mol. The number of nitrogens with zero attached hydrogens (tertiary/aromatic N) is 1. The van der Waals surface area contributed by atoms with Gasteiger partial charge >= 0.3 is 0 Å². The zero-order valence-corrected chi connectivity index (χ0v) is 12.0. The lowest BCUT2D eigenvalue weighted by atomic mass is 10.2. The van der Waals surface area contributed by atoms with E-state index in [1.807, 2.05) is 36.5 Å². The highest BCUT2D eigenvalue weighted by Crippen LogP contribution is 2.34. The van der Waals surface area contributed by atoms with Crippen molar-refractivity contribution in [3.05, 3.63) is 60.8 Å². The minimum atomic E-state index is 0.739. The monoisotopic (exact) mass is 291 g/mol. The van der Waals surface area contributed by atoms with Crippen LogP contribution in [0.5, 0.6) is 0 Å². The second-order valence-electron chi connectivity index (χ2n) is 4.91. The molecule has 4 aromatic rings. The number of rotatable bonds is 2. The number of benzene rings is 2. The molecule has 102 valence electrons. The molecule has 0 aliphatic carbocycles. The number of nitrogens with two attached hydrogens (primary N) is 1. The van der Waals surface area contributed by atoms with E-state index < -0.39 is 0 Å². The Bertz CT molecular complexity index is 910. The van der Waals surface area contributed by atoms with E-state index in [-0.39, 0.29) is 0 Å². The van der Waals surface area contributed by atoms with Crippen molar-refractivity contribution < 1.29 is 0 Å². The molecule has 0 saturated carbocycles. The third kappa shape index (κ3) is 2.23. The number of fused-ring (bicyclic) bond motifs is 2. The Balaban J connectivity index is 1.80. The van der Waals surface area contributed by atoms with Crippen LogP contribution in [0.3, 0.4) is 0 Å². The van der Waals surface area contributed by atoms with E-state index in [0.29, 0.717) is 0 Å². The maximum Gasteiger partial charge on any atom is 0.0781 e. The smallest absolute Gasteiger partial charge is 0.0781 e. The van der Waals surface area contributed by atoms with Gasteiger partial charge in [-0.2, -0.15) is 0 Å². The molecular formula is C17H13N3S. The largest absolute Gasteiger partial charge is 0.399 e. The molecule has 0 aliphatic rings. The first kappa shape index (κ1) is 12.3. The summed E-state index contributed by atoms with van der Waals surface area (Å²) in [5.41, 5.74) is 8.65. The van der Waals surface area contributed by atoms with Crippen molar-refractivity contribution in [2.75, 3.05) is 5.73 Å². The van der Waals surface area contributed by atoms with Gasteiger partial charge < -0.3 is 10.7 Å². The van der Waals surface area contributed by atoms with Crippen LogP contribution in [0.2, 0.25) is 0 Å². The molecule has 0 radical (unpaired) electrons. The highest BCUT2D eigenvalue weighted by atomic mass is 32.2. The molecule has 0 aliphatic heterocycles. The topological polar surface area (TPSA) is 54.7 Å². The first-order chi connectivity index (χ1) is 10.3. The van der Waals surface area contributed by atoms with Crippen LogP contribution >= 0.6 is 11.8 Å². The molecule has 4 rings (SSSR count). The standard InChI is InChI=1S/C17H13N3S/c18-12-5-6-13-15(10-12)19-8-7-16(13)21-17-9-11-3-1-2-4-14(11)20-17/h1-10,20H,18H2. The predicted molar refractivity (Wildman–Crippen MR) is 88.6 cm³/mol. The van der Waals surface area contributed by atoms with Crippen molar-refractivity contribution >= 4 is 39.3 Å². The van der Waals surface area contributed by atoms with E-state index in [4.69, 9.17) is 5.73 Å². The molecule has 0 spiro atoms. The molecule has 0 atom stereocenters. The highest BCUT2D eigenvalue weighted by molar-refractivity contribution is 7.99. The second kappa shape index (κ2) is 4.82. The Morgan fingerprint density at radius 1 is 1.00 bits per heavy atom. The van der Waals surface area contributed by atoms with Gasteiger partial charge in [0.25, 0.3) is 0 Å². The van der Waals surface area contributed by atoms with Gasteiger partial charge in [0.15, 0.2) is 0 Å². The van der Waals surface area contributed by atoms with E-state index in [1.165, 1.54) is 10.3 Å². The first-order valence-electron chi connectivity index (χ1n) is 6.69. The van der Waals surface area contributed by atoms with Crippen molar-refractivity contribution in [3.63, 3.8) is 0 Å². The molecule has 0 bridgehead atoms. The summed E-state index contributed by atoms with van der Waals surface area (Å²) in [4.78, 5) is 8.99. The van der Waals surface area contributed by atoms with Crippen molar-refractivity contribution in [2.24, 2.45) is 0 Å². The summed E-state index contributed by atoms with van der Waals surface area (Å²) in [7, 11) is 0. The third-order valence-electron chi connectivity index (χ3n) is 3.45. The van der Waals surface area contributed by atoms with Gasteiger partial charge in [0.05, 0.1) is 10.5 Å². The summed E-state index contributed by atoms with van der Waals surface area (Å²) in [6, 6.07) is 18.4. The van der Waals surface area contributed by atoms with Crippen LogP contribution in [-0.4, -0.2) is 9.97 Å². The van der Waals surface area contributed by atoms with Crippen molar-refractivity contribution in [2.45, 2.75) is 9.92 Å². The van der Waals surface area contributed by atoms with Crippen LogP contribution in [0.4, 0.5) is 5.69 Å². The average Bonchev–Trinajstić information content (AvgIpc) is 2.89. The molecule has 0 saturated heterocycles. The minimum Gasteiger partial charge on any atom is -0.399 e. The fraction of sp³-hybridized carbons (Fsp3) is 0. The van der Waals surface area contributed by atoms with Crippen molar-refractivity contribution in [1.29, 1.82) is 0 Å². The molecule has 3 nitrogen and oxygen atoms in total. The number of pyridine rings is 1. The Hall–Kier alpha value is -2.46.